The van der Waals surface area contributed by atoms with E-state index in [9.17, 15) is 19.5 Å². The first-order valence-electron chi connectivity index (χ1n) is 11.2. The van der Waals surface area contributed by atoms with Crippen molar-refractivity contribution >= 4 is 33.7 Å². The van der Waals surface area contributed by atoms with Gasteiger partial charge in [0.25, 0.3) is 5.91 Å². The largest absolute Gasteiger partial charge is 0.391 e. The van der Waals surface area contributed by atoms with Crippen molar-refractivity contribution in [1.82, 2.24) is 15.1 Å². The van der Waals surface area contributed by atoms with Crippen molar-refractivity contribution in [2.75, 3.05) is 6.54 Å². The zero-order valence-corrected chi connectivity index (χ0v) is 20.3. The Morgan fingerprint density at radius 2 is 1.85 bits per heavy atom. The fraction of sp³-hybridized carbons (Fsp3) is 0.400. The number of likely N-dealkylation sites (tertiary alicyclic amines) is 1. The molecule has 1 saturated heterocycles. The monoisotopic (exact) mass is 513 g/mol. The maximum absolute atomic E-state index is 13.7. The molecule has 0 aromatic heterocycles. The minimum Gasteiger partial charge on any atom is -0.391 e. The summed E-state index contributed by atoms with van der Waals surface area (Å²) in [6, 6.07) is 13.5. The number of benzene rings is 2. The second kappa shape index (κ2) is 9.65. The van der Waals surface area contributed by atoms with Crippen molar-refractivity contribution in [1.29, 1.82) is 0 Å². The molecule has 8 heteroatoms. The average Bonchev–Trinajstić information content (AvgIpc) is 3.34. The number of nitrogens with one attached hydrogen (secondary N) is 1. The van der Waals surface area contributed by atoms with Gasteiger partial charge in [-0.2, -0.15) is 0 Å². The molecule has 174 valence electrons. The highest BCUT2D eigenvalue weighted by molar-refractivity contribution is 9.10. The number of fused-ring (bicyclic) bond motifs is 1. The quantitative estimate of drug-likeness (QED) is 0.621. The molecule has 2 aromatic rings. The highest BCUT2D eigenvalue weighted by atomic mass is 79.9. The standard InChI is InChI=1S/C25H28BrN3O4/c1-15(2)22(29-13-17-5-3-4-6-20(17)24(29)32)25(33)28-14-19(30)11-21(28)23(31)27-12-16-7-9-18(26)10-8-16/h3-10,15,19,21-22,30H,11-14H2,1-2H3,(H,27,31)/t19?,21?,22-/m0/s1. The number of nitrogens with zero attached hydrogens (tertiary/aromatic N) is 2. The van der Waals surface area contributed by atoms with E-state index >= 15 is 0 Å². The molecule has 1 fully saturated rings. The van der Waals surface area contributed by atoms with Gasteiger partial charge >= 0.3 is 0 Å². The number of amides is 3. The van der Waals surface area contributed by atoms with Gasteiger partial charge in [-0.25, -0.2) is 0 Å². The number of β-amino-alcohol motifs (C(OH)–C–C–N with tert-alkyl or cyclic N) is 1. The number of hydrogen-bond donors (Lipinski definition) is 2. The van der Waals surface area contributed by atoms with Crippen molar-refractivity contribution < 1.29 is 19.5 Å². The van der Waals surface area contributed by atoms with Crippen LogP contribution in [-0.4, -0.2) is 57.4 Å². The maximum Gasteiger partial charge on any atom is 0.255 e. The van der Waals surface area contributed by atoms with E-state index in [0.717, 1.165) is 15.6 Å². The lowest BCUT2D eigenvalue weighted by Gasteiger charge is -2.35. The summed E-state index contributed by atoms with van der Waals surface area (Å²) < 4.78 is 0.951. The van der Waals surface area contributed by atoms with Crippen molar-refractivity contribution in [3.05, 3.63) is 69.7 Å². The van der Waals surface area contributed by atoms with E-state index in [0.29, 0.717) is 18.7 Å². The molecule has 0 bridgehead atoms. The summed E-state index contributed by atoms with van der Waals surface area (Å²) >= 11 is 3.39. The fourth-order valence-electron chi connectivity index (χ4n) is 4.66. The van der Waals surface area contributed by atoms with Crippen LogP contribution in [0.5, 0.6) is 0 Å². The second-order valence-electron chi connectivity index (χ2n) is 9.02. The summed E-state index contributed by atoms with van der Waals surface area (Å²) in [5.41, 5.74) is 2.44. The predicted octanol–water partition coefficient (Wildman–Crippen LogP) is 2.71. The molecule has 2 aromatic carbocycles. The SMILES string of the molecule is CC(C)[C@@H](C(=O)N1CC(O)CC1C(=O)NCc1ccc(Br)cc1)N1Cc2ccccc2C1=O. The van der Waals surface area contributed by atoms with E-state index in [2.05, 4.69) is 21.2 Å². The van der Waals surface area contributed by atoms with Crippen LogP contribution < -0.4 is 5.32 Å². The van der Waals surface area contributed by atoms with Crippen LogP contribution >= 0.6 is 15.9 Å². The van der Waals surface area contributed by atoms with Gasteiger partial charge in [-0.05, 0) is 35.2 Å². The molecule has 0 spiro atoms. The molecule has 0 aliphatic carbocycles. The van der Waals surface area contributed by atoms with E-state index in [1.165, 1.54) is 4.90 Å². The van der Waals surface area contributed by atoms with E-state index in [1.807, 2.05) is 56.3 Å². The maximum atomic E-state index is 13.7. The summed E-state index contributed by atoms with van der Waals surface area (Å²) in [6.45, 7) is 4.56. The molecule has 2 heterocycles. The Morgan fingerprint density at radius 1 is 1.15 bits per heavy atom. The van der Waals surface area contributed by atoms with Crippen molar-refractivity contribution in [3.8, 4) is 0 Å². The van der Waals surface area contributed by atoms with Crippen LogP contribution in [0, 0.1) is 5.92 Å². The predicted molar refractivity (Wildman–Crippen MR) is 127 cm³/mol. The second-order valence-corrected chi connectivity index (χ2v) is 9.93. The van der Waals surface area contributed by atoms with E-state index in [-0.39, 0.29) is 36.6 Å². The van der Waals surface area contributed by atoms with Gasteiger partial charge in [0.2, 0.25) is 11.8 Å². The Hall–Kier alpha value is -2.71. The fourth-order valence-corrected chi connectivity index (χ4v) is 4.93. The van der Waals surface area contributed by atoms with Gasteiger partial charge in [-0.1, -0.05) is 60.1 Å². The van der Waals surface area contributed by atoms with Crippen molar-refractivity contribution in [3.63, 3.8) is 0 Å². The molecule has 3 amide bonds. The molecule has 0 radical (unpaired) electrons. The molecule has 2 aliphatic rings. The first kappa shape index (κ1) is 23.4. The third kappa shape index (κ3) is 4.82. The van der Waals surface area contributed by atoms with Gasteiger partial charge in [0.15, 0.2) is 0 Å². The number of carbonyl (C=O) groups excluding carboxylic acids is 3. The first-order valence-corrected chi connectivity index (χ1v) is 11.9. The minimum atomic E-state index is -0.781. The summed E-state index contributed by atoms with van der Waals surface area (Å²) in [5, 5.41) is 13.2. The molecule has 2 N–H and O–H groups in total. The molecule has 0 saturated carbocycles. The molecular formula is C25H28BrN3O4. The number of halogens is 1. The summed E-state index contributed by atoms with van der Waals surface area (Å²) in [5.74, 6) is -0.929. The van der Waals surface area contributed by atoms with Gasteiger partial charge < -0.3 is 20.2 Å². The summed E-state index contributed by atoms with van der Waals surface area (Å²) in [7, 11) is 0. The molecule has 2 aliphatic heterocycles. The number of carbonyl (C=O) groups is 3. The number of aliphatic hydroxyl groups excluding tert-OH is 1. The van der Waals surface area contributed by atoms with Crippen LogP contribution in [0.4, 0.5) is 0 Å². The van der Waals surface area contributed by atoms with Crippen LogP contribution in [0.15, 0.2) is 53.0 Å². The summed E-state index contributed by atoms with van der Waals surface area (Å²) in [4.78, 5) is 42.8. The van der Waals surface area contributed by atoms with Gasteiger partial charge in [0.05, 0.1) is 6.10 Å². The number of rotatable bonds is 6. The lowest BCUT2D eigenvalue weighted by atomic mass is 10.0. The molecule has 2 unspecified atom stereocenters. The van der Waals surface area contributed by atoms with Crippen molar-refractivity contribution in [2.24, 2.45) is 5.92 Å². The van der Waals surface area contributed by atoms with Crippen LogP contribution in [0.2, 0.25) is 0 Å². The molecule has 33 heavy (non-hydrogen) atoms. The van der Waals surface area contributed by atoms with E-state index in [4.69, 9.17) is 0 Å². The van der Waals surface area contributed by atoms with E-state index < -0.39 is 18.2 Å². The van der Waals surface area contributed by atoms with Crippen LogP contribution in [0.1, 0.15) is 41.8 Å². The normalized spacial score (nSPS) is 20.8. The molecule has 4 rings (SSSR count). The van der Waals surface area contributed by atoms with Gasteiger partial charge in [0, 0.05) is 36.1 Å². The Kier molecular flexibility index (Phi) is 6.86. The van der Waals surface area contributed by atoms with Gasteiger partial charge in [-0.3, -0.25) is 14.4 Å². The Labute approximate surface area is 201 Å². The topological polar surface area (TPSA) is 89.9 Å². The Morgan fingerprint density at radius 3 is 2.52 bits per heavy atom. The molecule has 3 atom stereocenters. The summed E-state index contributed by atoms with van der Waals surface area (Å²) in [6.07, 6.45) is -0.603. The number of aliphatic hydroxyl groups is 1. The number of hydrogen-bond acceptors (Lipinski definition) is 4. The van der Waals surface area contributed by atoms with Crippen LogP contribution in [0.25, 0.3) is 0 Å². The first-order chi connectivity index (χ1) is 15.8. The van der Waals surface area contributed by atoms with Crippen LogP contribution in [0.3, 0.4) is 0 Å². The third-order valence-corrected chi connectivity index (χ3v) is 6.84. The Balaban J connectivity index is 1.50. The Bertz CT molecular complexity index is 1060. The zero-order chi connectivity index (χ0) is 23.7. The minimum absolute atomic E-state index is 0.0768. The van der Waals surface area contributed by atoms with E-state index in [1.54, 1.807) is 11.0 Å². The van der Waals surface area contributed by atoms with Gasteiger partial charge in [-0.15, -0.1) is 0 Å². The lowest BCUT2D eigenvalue weighted by molar-refractivity contribution is -0.143. The molecular weight excluding hydrogens is 486 g/mol. The van der Waals surface area contributed by atoms with Gasteiger partial charge in [0.1, 0.15) is 12.1 Å². The van der Waals surface area contributed by atoms with Crippen LogP contribution in [-0.2, 0) is 22.7 Å². The smallest absolute Gasteiger partial charge is 0.255 e. The lowest BCUT2D eigenvalue weighted by Crippen LogP contribution is -2.55. The highest BCUT2D eigenvalue weighted by Gasteiger charge is 2.45. The van der Waals surface area contributed by atoms with Crippen molar-refractivity contribution in [2.45, 2.75) is 51.5 Å². The average molecular weight is 514 g/mol. The highest BCUT2D eigenvalue weighted by Crippen LogP contribution is 2.30. The zero-order valence-electron chi connectivity index (χ0n) is 18.7. The third-order valence-electron chi connectivity index (χ3n) is 6.31. The molecule has 7 nitrogen and oxygen atoms in total.